The Morgan fingerprint density at radius 2 is 2.10 bits per heavy atom. The molecule has 1 aromatic heterocycles. The first kappa shape index (κ1) is 20.3. The maximum absolute atomic E-state index is 13.2. The number of hydrogen-bond donors (Lipinski definition) is 2. The topological polar surface area (TPSA) is 103 Å². The minimum absolute atomic E-state index is 0.0368. The number of amides is 3. The van der Waals surface area contributed by atoms with Gasteiger partial charge >= 0.3 is 0 Å². The fourth-order valence-corrected chi connectivity index (χ4v) is 4.60. The number of para-hydroxylation sites is 1. The highest BCUT2D eigenvalue weighted by molar-refractivity contribution is 7.71. The van der Waals surface area contributed by atoms with Crippen molar-refractivity contribution >= 4 is 35.6 Å². The van der Waals surface area contributed by atoms with Crippen LogP contribution < -0.4 is 10.2 Å². The number of H-pyrrole nitrogens is 1. The highest BCUT2D eigenvalue weighted by atomic mass is 32.1. The van der Waals surface area contributed by atoms with E-state index in [2.05, 4.69) is 15.5 Å². The van der Waals surface area contributed by atoms with E-state index in [1.807, 2.05) is 24.5 Å². The van der Waals surface area contributed by atoms with Crippen molar-refractivity contribution in [2.75, 3.05) is 18.0 Å². The second kappa shape index (κ2) is 7.67. The average Bonchev–Trinajstić information content (AvgIpc) is 3.24. The number of anilines is 1. The number of hydrogen-bond acceptors (Lipinski definition) is 5. The molecule has 2 aliphatic rings. The Bertz CT molecular complexity index is 1080. The van der Waals surface area contributed by atoms with Crippen LogP contribution >= 0.6 is 12.2 Å². The van der Waals surface area contributed by atoms with Crippen LogP contribution in [0.15, 0.2) is 24.3 Å². The molecule has 0 saturated carbocycles. The third-order valence-electron chi connectivity index (χ3n) is 5.87. The van der Waals surface area contributed by atoms with Gasteiger partial charge in [-0.15, -0.1) is 0 Å². The highest BCUT2D eigenvalue weighted by Crippen LogP contribution is 2.43. The minimum atomic E-state index is -0.843. The molecule has 1 aromatic carbocycles. The van der Waals surface area contributed by atoms with E-state index in [9.17, 15) is 14.4 Å². The molecule has 9 nitrogen and oxygen atoms in total. The number of carbonyl (C=O) groups excluding carboxylic acids is 3. The molecule has 30 heavy (non-hydrogen) atoms. The van der Waals surface area contributed by atoms with Crippen LogP contribution in [0.5, 0.6) is 0 Å². The number of aromatic amines is 1. The van der Waals surface area contributed by atoms with Crippen LogP contribution in [0.2, 0.25) is 0 Å². The van der Waals surface area contributed by atoms with Crippen LogP contribution in [0.25, 0.3) is 0 Å². The predicted octanol–water partition coefficient (Wildman–Crippen LogP) is 1.62. The van der Waals surface area contributed by atoms with Crippen LogP contribution in [0, 0.1) is 4.77 Å². The molecule has 10 heteroatoms. The lowest BCUT2D eigenvalue weighted by atomic mass is 9.98. The Morgan fingerprint density at radius 1 is 1.33 bits per heavy atom. The highest BCUT2D eigenvalue weighted by Gasteiger charge is 2.53. The van der Waals surface area contributed by atoms with Gasteiger partial charge in [0.05, 0.1) is 11.3 Å². The zero-order valence-corrected chi connectivity index (χ0v) is 17.8. The summed E-state index contributed by atoms with van der Waals surface area (Å²) < 4.78 is 2.42. The van der Waals surface area contributed by atoms with Gasteiger partial charge in [-0.2, -0.15) is 5.10 Å². The van der Waals surface area contributed by atoms with Gasteiger partial charge in [-0.25, -0.2) is 0 Å². The summed E-state index contributed by atoms with van der Waals surface area (Å²) >= 11 is 5.17. The largest absolute Gasteiger partial charge is 0.354 e. The summed E-state index contributed by atoms with van der Waals surface area (Å²) in [5.74, 6) is 0.219. The van der Waals surface area contributed by atoms with Gasteiger partial charge in [0.2, 0.25) is 11.8 Å². The summed E-state index contributed by atoms with van der Waals surface area (Å²) in [5, 5.41) is 9.79. The van der Waals surface area contributed by atoms with Gasteiger partial charge in [0.1, 0.15) is 18.0 Å². The Kier molecular flexibility index (Phi) is 5.19. The van der Waals surface area contributed by atoms with E-state index in [-0.39, 0.29) is 24.3 Å². The van der Waals surface area contributed by atoms with Crippen LogP contribution in [-0.4, -0.2) is 56.1 Å². The molecule has 0 bridgehead atoms. The molecule has 2 N–H and O–H groups in total. The number of nitrogens with zero attached hydrogens (tertiary/aromatic N) is 4. The third kappa shape index (κ3) is 3.20. The van der Waals surface area contributed by atoms with Crippen molar-refractivity contribution in [2.24, 2.45) is 0 Å². The standard InChI is InChI=1S/C20H24N6O3S/c1-3-24-15(22-23-19(24)30)9-11-21-16(27)12-25-18(29)13-6-4-5-7-14(13)26-17(28)8-10-20(25,26)2/h4-7H,3,8-12H2,1-2H3,(H,21,27)(H,23,30). The number of fused-ring (bicyclic) bond motifs is 3. The van der Waals surface area contributed by atoms with E-state index in [4.69, 9.17) is 12.2 Å². The number of carbonyl (C=O) groups is 3. The summed E-state index contributed by atoms with van der Waals surface area (Å²) in [6, 6.07) is 7.05. The number of aromatic nitrogens is 3. The molecule has 3 amide bonds. The molecule has 0 radical (unpaired) electrons. The molecule has 0 spiro atoms. The van der Waals surface area contributed by atoms with Crippen molar-refractivity contribution < 1.29 is 14.4 Å². The first-order chi connectivity index (χ1) is 14.4. The molecule has 2 aliphatic heterocycles. The van der Waals surface area contributed by atoms with E-state index in [1.165, 1.54) is 4.90 Å². The minimum Gasteiger partial charge on any atom is -0.354 e. The Labute approximate surface area is 179 Å². The van der Waals surface area contributed by atoms with E-state index in [1.54, 1.807) is 23.1 Å². The number of nitrogens with one attached hydrogen (secondary N) is 2. The van der Waals surface area contributed by atoms with Crippen LogP contribution in [0.3, 0.4) is 0 Å². The fourth-order valence-electron chi connectivity index (χ4n) is 4.32. The first-order valence-electron chi connectivity index (χ1n) is 10.0. The average molecular weight is 429 g/mol. The maximum Gasteiger partial charge on any atom is 0.258 e. The molecule has 0 aliphatic carbocycles. The number of rotatable bonds is 6. The van der Waals surface area contributed by atoms with Crippen LogP contribution in [0.1, 0.15) is 42.9 Å². The lowest BCUT2D eigenvalue weighted by Crippen LogP contribution is -2.63. The lowest BCUT2D eigenvalue weighted by Gasteiger charge is -2.48. The molecule has 1 fully saturated rings. The Morgan fingerprint density at radius 3 is 2.87 bits per heavy atom. The maximum atomic E-state index is 13.2. The molecular weight excluding hydrogens is 404 g/mol. The summed E-state index contributed by atoms with van der Waals surface area (Å²) in [7, 11) is 0. The van der Waals surface area contributed by atoms with E-state index in [0.717, 1.165) is 5.82 Å². The second-order valence-corrected chi connectivity index (χ2v) is 8.03. The molecule has 4 rings (SSSR count). The Hall–Kier alpha value is -3.01. The van der Waals surface area contributed by atoms with Crippen molar-refractivity contribution in [2.45, 2.75) is 45.3 Å². The van der Waals surface area contributed by atoms with Gasteiger partial charge in [0.25, 0.3) is 5.91 Å². The normalized spacial score (nSPS) is 20.3. The number of benzene rings is 1. The van der Waals surface area contributed by atoms with Gasteiger partial charge in [-0.05, 0) is 44.6 Å². The monoisotopic (exact) mass is 428 g/mol. The summed E-state index contributed by atoms with van der Waals surface area (Å²) in [4.78, 5) is 41.6. The van der Waals surface area contributed by atoms with E-state index >= 15 is 0 Å². The summed E-state index contributed by atoms with van der Waals surface area (Å²) in [6.07, 6.45) is 1.35. The summed E-state index contributed by atoms with van der Waals surface area (Å²) in [5.41, 5.74) is 0.216. The van der Waals surface area contributed by atoms with Crippen molar-refractivity contribution in [1.82, 2.24) is 25.0 Å². The molecule has 1 saturated heterocycles. The molecule has 1 atom stereocenters. The van der Waals surface area contributed by atoms with Gasteiger partial charge in [0.15, 0.2) is 4.77 Å². The van der Waals surface area contributed by atoms with Crippen molar-refractivity contribution in [3.63, 3.8) is 0 Å². The van der Waals surface area contributed by atoms with Gasteiger partial charge < -0.3 is 14.8 Å². The molecule has 158 valence electrons. The third-order valence-corrected chi connectivity index (χ3v) is 6.18. The zero-order valence-electron chi connectivity index (χ0n) is 17.0. The zero-order chi connectivity index (χ0) is 21.5. The molecule has 1 unspecified atom stereocenters. The van der Waals surface area contributed by atoms with Crippen LogP contribution in [0.4, 0.5) is 5.69 Å². The fraction of sp³-hybridized carbons (Fsp3) is 0.450. The van der Waals surface area contributed by atoms with Crippen molar-refractivity contribution in [1.29, 1.82) is 0 Å². The van der Waals surface area contributed by atoms with Crippen molar-refractivity contribution in [3.8, 4) is 0 Å². The van der Waals surface area contributed by atoms with Crippen molar-refractivity contribution in [3.05, 3.63) is 40.4 Å². The van der Waals surface area contributed by atoms with Gasteiger partial charge in [-0.1, -0.05) is 12.1 Å². The second-order valence-electron chi connectivity index (χ2n) is 7.64. The molecular formula is C20H24N6O3S. The Balaban J connectivity index is 1.48. The molecule has 2 aromatic rings. The van der Waals surface area contributed by atoms with E-state index < -0.39 is 5.66 Å². The smallest absolute Gasteiger partial charge is 0.258 e. The first-order valence-corrected chi connectivity index (χ1v) is 10.4. The van der Waals surface area contributed by atoms with E-state index in [0.29, 0.717) is 48.4 Å². The van der Waals surface area contributed by atoms with Crippen LogP contribution in [-0.2, 0) is 22.6 Å². The predicted molar refractivity (Wildman–Crippen MR) is 112 cm³/mol. The lowest BCUT2D eigenvalue weighted by molar-refractivity contribution is -0.124. The summed E-state index contributed by atoms with van der Waals surface area (Å²) in [6.45, 7) is 4.77. The SMILES string of the molecule is CCn1c(CCNC(=O)CN2C(=O)c3ccccc3N3C(=O)CCC23C)n[nH]c1=S. The van der Waals surface area contributed by atoms with Gasteiger partial charge in [-0.3, -0.25) is 24.4 Å². The quantitative estimate of drug-likeness (QED) is 0.681. The van der Waals surface area contributed by atoms with Gasteiger partial charge in [0, 0.05) is 25.9 Å². The molecule has 3 heterocycles.